The van der Waals surface area contributed by atoms with Gasteiger partial charge < -0.3 is 10.5 Å². The third kappa shape index (κ3) is 3.29. The molecule has 2 N–H and O–H groups in total. The van der Waals surface area contributed by atoms with E-state index in [0.29, 0.717) is 5.75 Å². The lowest BCUT2D eigenvalue weighted by Crippen LogP contribution is -2.07. The summed E-state index contributed by atoms with van der Waals surface area (Å²) in [5, 5.41) is 0. The Morgan fingerprint density at radius 3 is 2.58 bits per heavy atom. The Kier molecular flexibility index (Phi) is 4.11. The molecule has 0 aliphatic rings. The van der Waals surface area contributed by atoms with E-state index in [4.69, 9.17) is 10.5 Å². The Balaban J connectivity index is 2.00. The van der Waals surface area contributed by atoms with Crippen LogP contribution in [-0.2, 0) is 6.61 Å². The normalized spacial score (nSPS) is 12.7. The van der Waals surface area contributed by atoms with Crippen molar-refractivity contribution in [1.29, 1.82) is 0 Å². The van der Waals surface area contributed by atoms with E-state index in [1.54, 1.807) is 12.1 Å². The highest BCUT2D eigenvalue weighted by molar-refractivity contribution is 5.28. The molecule has 2 rings (SSSR count). The highest BCUT2D eigenvalue weighted by Gasteiger charge is 2.11. The first-order chi connectivity index (χ1) is 9.08. The zero-order valence-corrected chi connectivity index (χ0v) is 10.5. The minimum absolute atomic E-state index is 0.00509. The molecule has 0 bridgehead atoms. The summed E-state index contributed by atoms with van der Waals surface area (Å²) in [5.74, 6) is 0.777. The van der Waals surface area contributed by atoms with Gasteiger partial charge in [0.1, 0.15) is 12.4 Å². The monoisotopic (exact) mass is 267 g/mol. The Labute approximate surface area is 109 Å². The smallest absolute Gasteiger partial charge is 0.320 e. The molecule has 1 atom stereocenters. The molecule has 102 valence electrons. The molecule has 0 amide bonds. The number of ether oxygens (including phenoxy) is 1. The highest BCUT2D eigenvalue weighted by Crippen LogP contribution is 2.18. The van der Waals surface area contributed by atoms with Gasteiger partial charge in [-0.2, -0.15) is 8.78 Å². The van der Waals surface area contributed by atoms with Crippen molar-refractivity contribution < 1.29 is 13.5 Å². The van der Waals surface area contributed by atoms with Crippen LogP contribution in [0.25, 0.3) is 0 Å². The number of hydrogen-bond donors (Lipinski definition) is 1. The van der Waals surface area contributed by atoms with Crippen LogP contribution in [0.5, 0.6) is 5.75 Å². The molecule has 0 aliphatic heterocycles. The van der Waals surface area contributed by atoms with Gasteiger partial charge in [-0.15, -0.1) is 0 Å². The van der Waals surface area contributed by atoms with Gasteiger partial charge in [0, 0.05) is 18.4 Å². The van der Waals surface area contributed by atoms with E-state index in [-0.39, 0.29) is 18.5 Å². The highest BCUT2D eigenvalue weighted by atomic mass is 19.3. The largest absolute Gasteiger partial charge is 0.486 e. The van der Waals surface area contributed by atoms with Crippen LogP contribution in [-0.4, -0.2) is 9.55 Å². The van der Waals surface area contributed by atoms with Gasteiger partial charge in [0.2, 0.25) is 0 Å². The lowest BCUT2D eigenvalue weighted by atomic mass is 10.1. The van der Waals surface area contributed by atoms with Crippen LogP contribution in [0, 0.1) is 0 Å². The summed E-state index contributed by atoms with van der Waals surface area (Å²) in [7, 11) is 0. The average molecular weight is 267 g/mol. The zero-order chi connectivity index (χ0) is 13.8. The molecular weight excluding hydrogens is 252 g/mol. The average Bonchev–Trinajstić information content (AvgIpc) is 2.85. The van der Waals surface area contributed by atoms with E-state index in [9.17, 15) is 8.78 Å². The van der Waals surface area contributed by atoms with Crippen LogP contribution in [0.2, 0.25) is 0 Å². The van der Waals surface area contributed by atoms with Crippen molar-refractivity contribution in [2.45, 2.75) is 26.1 Å². The Morgan fingerprint density at radius 2 is 2.00 bits per heavy atom. The lowest BCUT2D eigenvalue weighted by Gasteiger charge is -2.10. The molecule has 0 saturated heterocycles. The minimum atomic E-state index is -2.61. The molecule has 0 radical (unpaired) electrons. The molecule has 2 aromatic rings. The summed E-state index contributed by atoms with van der Waals surface area (Å²) < 4.78 is 31.4. The molecule has 1 aromatic carbocycles. The van der Waals surface area contributed by atoms with Crippen LogP contribution in [0.3, 0.4) is 0 Å². The summed E-state index contributed by atoms with van der Waals surface area (Å²) >= 11 is 0. The second-order valence-corrected chi connectivity index (χ2v) is 4.17. The fourth-order valence-electron chi connectivity index (χ4n) is 1.65. The summed E-state index contributed by atoms with van der Waals surface area (Å²) in [4.78, 5) is 3.84. The molecule has 6 heteroatoms. The van der Waals surface area contributed by atoms with Crippen LogP contribution in [0.4, 0.5) is 8.78 Å². The third-order valence-corrected chi connectivity index (χ3v) is 2.73. The molecule has 1 heterocycles. The Hall–Kier alpha value is -1.95. The van der Waals surface area contributed by atoms with Gasteiger partial charge in [-0.05, 0) is 24.6 Å². The number of nitrogens with zero attached hydrogens (tertiary/aromatic N) is 2. The number of halogens is 2. The summed E-state index contributed by atoms with van der Waals surface area (Å²) in [6.07, 6.45) is 2.55. The second-order valence-electron chi connectivity index (χ2n) is 4.17. The van der Waals surface area contributed by atoms with Gasteiger partial charge >= 0.3 is 6.55 Å². The number of nitrogens with two attached hydrogens (primary N) is 1. The van der Waals surface area contributed by atoms with Crippen molar-refractivity contribution >= 4 is 0 Å². The number of alkyl halides is 2. The number of benzene rings is 1. The molecule has 4 nitrogen and oxygen atoms in total. The quantitative estimate of drug-likeness (QED) is 0.906. The van der Waals surface area contributed by atoms with E-state index < -0.39 is 6.55 Å². The van der Waals surface area contributed by atoms with Gasteiger partial charge in [0.05, 0.1) is 0 Å². The topological polar surface area (TPSA) is 53.1 Å². The predicted molar refractivity (Wildman–Crippen MR) is 66.9 cm³/mol. The number of hydrogen-bond acceptors (Lipinski definition) is 3. The number of aromatic nitrogens is 2. The van der Waals surface area contributed by atoms with Crippen molar-refractivity contribution in [3.8, 4) is 5.75 Å². The first kappa shape index (κ1) is 13.5. The number of rotatable bonds is 5. The lowest BCUT2D eigenvalue weighted by molar-refractivity contribution is 0.0632. The fraction of sp³-hybridized carbons (Fsp3) is 0.308. The van der Waals surface area contributed by atoms with E-state index in [2.05, 4.69) is 4.98 Å². The molecule has 0 saturated carbocycles. The van der Waals surface area contributed by atoms with E-state index in [1.165, 1.54) is 12.4 Å². The predicted octanol–water partition coefficient (Wildman–Crippen LogP) is 2.88. The molecule has 19 heavy (non-hydrogen) atoms. The van der Waals surface area contributed by atoms with Crippen LogP contribution < -0.4 is 10.5 Å². The summed E-state index contributed by atoms with van der Waals surface area (Å²) in [6, 6.07) is 7.16. The minimum Gasteiger partial charge on any atom is -0.486 e. The van der Waals surface area contributed by atoms with Crippen molar-refractivity contribution in [2.24, 2.45) is 5.73 Å². The van der Waals surface area contributed by atoms with Crippen molar-refractivity contribution in [2.75, 3.05) is 0 Å². The Morgan fingerprint density at radius 1 is 1.32 bits per heavy atom. The second kappa shape index (κ2) is 5.79. The van der Waals surface area contributed by atoms with E-state index >= 15 is 0 Å². The fourth-order valence-corrected chi connectivity index (χ4v) is 1.65. The van der Waals surface area contributed by atoms with Crippen molar-refractivity contribution in [1.82, 2.24) is 9.55 Å². The van der Waals surface area contributed by atoms with E-state index in [0.717, 1.165) is 10.1 Å². The van der Waals surface area contributed by atoms with Gasteiger partial charge in [0.25, 0.3) is 0 Å². The summed E-state index contributed by atoms with van der Waals surface area (Å²) in [5.41, 5.74) is 6.72. The maximum atomic E-state index is 12.6. The first-order valence-corrected chi connectivity index (χ1v) is 5.86. The van der Waals surface area contributed by atoms with E-state index in [1.807, 2.05) is 19.1 Å². The van der Waals surface area contributed by atoms with Gasteiger partial charge in [-0.1, -0.05) is 12.1 Å². The summed E-state index contributed by atoms with van der Waals surface area (Å²) in [6.45, 7) is -0.731. The standard InChI is InChI=1S/C13H15F2N3O/c1-9(16)10-2-4-11(5-3-10)19-8-12-17-6-7-18(12)13(14)15/h2-7,9,13H,8,16H2,1H3/t9-/m0/s1. The molecule has 0 spiro atoms. The zero-order valence-electron chi connectivity index (χ0n) is 10.5. The molecule has 0 unspecified atom stereocenters. The van der Waals surface area contributed by atoms with Crippen LogP contribution in [0.1, 0.15) is 30.9 Å². The maximum Gasteiger partial charge on any atom is 0.320 e. The molecule has 0 aliphatic carbocycles. The van der Waals surface area contributed by atoms with Crippen LogP contribution in [0.15, 0.2) is 36.7 Å². The number of imidazole rings is 1. The maximum absolute atomic E-state index is 12.6. The molecular formula is C13H15F2N3O. The van der Waals surface area contributed by atoms with Gasteiger partial charge in [-0.3, -0.25) is 4.57 Å². The van der Waals surface area contributed by atoms with Gasteiger partial charge in [0.15, 0.2) is 5.82 Å². The van der Waals surface area contributed by atoms with Crippen LogP contribution >= 0.6 is 0 Å². The SMILES string of the molecule is C[C@H](N)c1ccc(OCc2nccn2C(F)F)cc1. The third-order valence-electron chi connectivity index (χ3n) is 2.73. The first-order valence-electron chi connectivity index (χ1n) is 5.86. The Bertz CT molecular complexity index is 523. The molecule has 0 fully saturated rings. The van der Waals surface area contributed by atoms with Crippen molar-refractivity contribution in [3.63, 3.8) is 0 Å². The molecule has 1 aromatic heterocycles. The van der Waals surface area contributed by atoms with Gasteiger partial charge in [-0.25, -0.2) is 4.98 Å². The van der Waals surface area contributed by atoms with Crippen molar-refractivity contribution in [3.05, 3.63) is 48.0 Å².